The molecule has 152 valence electrons. The Labute approximate surface area is 168 Å². The Morgan fingerprint density at radius 1 is 0.857 bits per heavy atom. The van der Waals surface area contributed by atoms with Gasteiger partial charge < -0.3 is 19.3 Å². The zero-order chi connectivity index (χ0) is 20.0. The van der Waals surface area contributed by atoms with Crippen molar-refractivity contribution in [3.8, 4) is 0 Å². The molecule has 0 unspecified atom stereocenters. The third-order valence-corrected chi connectivity index (χ3v) is 5.00. The van der Waals surface area contributed by atoms with E-state index in [0.29, 0.717) is 26.2 Å². The molecule has 4 heteroatoms. The van der Waals surface area contributed by atoms with Gasteiger partial charge in [-0.25, -0.2) is 0 Å². The summed E-state index contributed by atoms with van der Waals surface area (Å²) < 4.78 is 18.2. The summed E-state index contributed by atoms with van der Waals surface area (Å²) in [5.74, 6) is -0.111. The number of ether oxygens (including phenoxy) is 3. The molecule has 1 aliphatic rings. The van der Waals surface area contributed by atoms with Crippen molar-refractivity contribution < 1.29 is 19.3 Å². The van der Waals surface area contributed by atoms with Crippen molar-refractivity contribution in [2.45, 2.75) is 64.3 Å². The molecule has 4 atom stereocenters. The van der Waals surface area contributed by atoms with Gasteiger partial charge in [0.1, 0.15) is 0 Å². The lowest BCUT2D eigenvalue weighted by Crippen LogP contribution is -2.36. The van der Waals surface area contributed by atoms with Gasteiger partial charge in [-0.3, -0.25) is 0 Å². The van der Waals surface area contributed by atoms with E-state index in [1.807, 2.05) is 69.3 Å². The van der Waals surface area contributed by atoms with Crippen LogP contribution in [0.2, 0.25) is 0 Å². The fourth-order valence-corrected chi connectivity index (χ4v) is 3.67. The summed E-state index contributed by atoms with van der Waals surface area (Å²) in [6, 6.07) is 20.2. The van der Waals surface area contributed by atoms with Crippen molar-refractivity contribution >= 4 is 0 Å². The molecule has 2 aromatic rings. The van der Waals surface area contributed by atoms with Gasteiger partial charge >= 0.3 is 0 Å². The minimum absolute atomic E-state index is 0.0988. The molecule has 3 rings (SSSR count). The lowest BCUT2D eigenvalue weighted by atomic mass is 10.0. The Morgan fingerprint density at radius 3 is 2.00 bits per heavy atom. The van der Waals surface area contributed by atoms with E-state index in [9.17, 15) is 5.11 Å². The molecule has 0 aliphatic heterocycles. The van der Waals surface area contributed by atoms with Crippen LogP contribution in [0.5, 0.6) is 0 Å². The van der Waals surface area contributed by atoms with Gasteiger partial charge in [0.2, 0.25) is 0 Å². The molecule has 0 aromatic heterocycles. The second-order valence-corrected chi connectivity index (χ2v) is 8.49. The third-order valence-electron chi connectivity index (χ3n) is 5.00. The second-order valence-electron chi connectivity index (χ2n) is 8.49. The zero-order valence-electron chi connectivity index (χ0n) is 17.1. The minimum atomic E-state index is -0.601. The van der Waals surface area contributed by atoms with Gasteiger partial charge in [-0.2, -0.15) is 0 Å². The van der Waals surface area contributed by atoms with E-state index in [-0.39, 0.29) is 23.7 Å². The number of benzene rings is 2. The molecule has 28 heavy (non-hydrogen) atoms. The van der Waals surface area contributed by atoms with Crippen LogP contribution in [0.15, 0.2) is 60.7 Å². The Hall–Kier alpha value is -1.72. The van der Waals surface area contributed by atoms with E-state index >= 15 is 0 Å². The van der Waals surface area contributed by atoms with Crippen molar-refractivity contribution in [2.24, 2.45) is 5.92 Å². The van der Waals surface area contributed by atoms with E-state index in [0.717, 1.165) is 11.1 Å². The monoisotopic (exact) mass is 384 g/mol. The Balaban J connectivity index is 1.61. The van der Waals surface area contributed by atoms with Crippen molar-refractivity contribution in [2.75, 3.05) is 6.61 Å². The van der Waals surface area contributed by atoms with Crippen molar-refractivity contribution in [1.29, 1.82) is 0 Å². The highest BCUT2D eigenvalue weighted by Crippen LogP contribution is 2.34. The highest BCUT2D eigenvalue weighted by molar-refractivity contribution is 5.14. The van der Waals surface area contributed by atoms with Gasteiger partial charge in [-0.05, 0) is 31.9 Å². The molecule has 1 saturated carbocycles. The first-order valence-electron chi connectivity index (χ1n) is 10.1. The molecule has 1 N–H and O–H groups in total. The van der Waals surface area contributed by atoms with Crippen molar-refractivity contribution in [3.63, 3.8) is 0 Å². The van der Waals surface area contributed by atoms with E-state index in [1.54, 1.807) is 0 Å². The van der Waals surface area contributed by atoms with Gasteiger partial charge in [0, 0.05) is 12.3 Å². The number of rotatable bonds is 8. The van der Waals surface area contributed by atoms with Gasteiger partial charge in [-0.15, -0.1) is 0 Å². The van der Waals surface area contributed by atoms with Crippen molar-refractivity contribution in [3.05, 3.63) is 71.8 Å². The molecule has 0 radical (unpaired) electrons. The van der Waals surface area contributed by atoms with E-state index < -0.39 is 6.10 Å². The number of aliphatic hydroxyl groups excluding tert-OH is 1. The maximum atomic E-state index is 10.9. The number of aliphatic hydroxyl groups is 1. The molecule has 0 saturated heterocycles. The normalized spacial score (nSPS) is 25.1. The summed E-state index contributed by atoms with van der Waals surface area (Å²) in [6.07, 6.45) is -0.273. The highest BCUT2D eigenvalue weighted by Gasteiger charge is 2.45. The quantitative estimate of drug-likeness (QED) is 0.735. The number of hydrogen-bond donors (Lipinski definition) is 1. The maximum Gasteiger partial charge on any atom is 0.0878 e. The SMILES string of the molecule is CC(C)(C)O[C@H]1C[C@H](OCc2ccccc2)[C@@H](COCc2ccccc2)[C@@H]1O. The van der Waals surface area contributed by atoms with Crippen LogP contribution < -0.4 is 0 Å². The summed E-state index contributed by atoms with van der Waals surface area (Å²) in [7, 11) is 0. The van der Waals surface area contributed by atoms with Crippen LogP contribution in [0, 0.1) is 5.92 Å². The number of hydrogen-bond acceptors (Lipinski definition) is 4. The molecular formula is C24H32O4. The van der Waals surface area contributed by atoms with Gasteiger partial charge in [0.05, 0.1) is 43.7 Å². The lowest BCUT2D eigenvalue weighted by molar-refractivity contribution is -0.110. The molecule has 1 fully saturated rings. The summed E-state index contributed by atoms with van der Waals surface area (Å²) in [5, 5.41) is 10.9. The second kappa shape index (κ2) is 9.66. The third kappa shape index (κ3) is 6.14. The lowest BCUT2D eigenvalue weighted by Gasteiger charge is -2.27. The highest BCUT2D eigenvalue weighted by atomic mass is 16.5. The fourth-order valence-electron chi connectivity index (χ4n) is 3.67. The predicted octanol–water partition coefficient (Wildman–Crippen LogP) is 4.35. The molecule has 2 aromatic carbocycles. The van der Waals surface area contributed by atoms with Crippen LogP contribution in [0.1, 0.15) is 38.3 Å². The van der Waals surface area contributed by atoms with Crippen LogP contribution >= 0.6 is 0 Å². The Morgan fingerprint density at radius 2 is 1.43 bits per heavy atom. The molecule has 0 heterocycles. The van der Waals surface area contributed by atoms with Gasteiger partial charge in [0.25, 0.3) is 0 Å². The molecule has 0 spiro atoms. The van der Waals surface area contributed by atoms with E-state index in [2.05, 4.69) is 12.1 Å². The molecule has 0 bridgehead atoms. The van der Waals surface area contributed by atoms with Gasteiger partial charge in [-0.1, -0.05) is 60.7 Å². The van der Waals surface area contributed by atoms with E-state index in [4.69, 9.17) is 14.2 Å². The predicted molar refractivity (Wildman–Crippen MR) is 110 cm³/mol. The average Bonchev–Trinajstić information content (AvgIpc) is 2.95. The van der Waals surface area contributed by atoms with Crippen LogP contribution in [0.3, 0.4) is 0 Å². The summed E-state index contributed by atoms with van der Waals surface area (Å²) in [4.78, 5) is 0. The minimum Gasteiger partial charge on any atom is -0.390 e. The summed E-state index contributed by atoms with van der Waals surface area (Å²) in [6.45, 7) is 7.53. The topological polar surface area (TPSA) is 47.9 Å². The largest absolute Gasteiger partial charge is 0.390 e. The molecular weight excluding hydrogens is 352 g/mol. The summed E-state index contributed by atoms with van der Waals surface area (Å²) >= 11 is 0. The first kappa shape index (κ1) is 21.0. The van der Waals surface area contributed by atoms with Crippen LogP contribution in [-0.2, 0) is 27.4 Å². The fraction of sp³-hybridized carbons (Fsp3) is 0.500. The molecule has 0 amide bonds. The summed E-state index contributed by atoms with van der Waals surface area (Å²) in [5.41, 5.74) is 1.94. The zero-order valence-corrected chi connectivity index (χ0v) is 17.1. The standard InChI is InChI=1S/C24H32O4/c1-24(2,3)28-22-14-21(27-16-19-12-8-5-9-13-19)20(23(22)25)17-26-15-18-10-6-4-7-11-18/h4-13,20-23,25H,14-17H2,1-3H3/t20-,21+,22+,23+/m1/s1. The van der Waals surface area contributed by atoms with Crippen LogP contribution in [0.25, 0.3) is 0 Å². The Kier molecular flexibility index (Phi) is 7.24. The van der Waals surface area contributed by atoms with Crippen LogP contribution in [-0.4, -0.2) is 35.6 Å². The maximum absolute atomic E-state index is 10.9. The first-order valence-corrected chi connectivity index (χ1v) is 10.1. The van der Waals surface area contributed by atoms with E-state index in [1.165, 1.54) is 0 Å². The first-order chi connectivity index (χ1) is 13.4. The average molecular weight is 385 g/mol. The van der Waals surface area contributed by atoms with Gasteiger partial charge in [0.15, 0.2) is 0 Å². The molecule has 1 aliphatic carbocycles. The van der Waals surface area contributed by atoms with Crippen molar-refractivity contribution in [1.82, 2.24) is 0 Å². The smallest absolute Gasteiger partial charge is 0.0878 e. The Bertz CT molecular complexity index is 696. The molecule has 4 nitrogen and oxygen atoms in total. The van der Waals surface area contributed by atoms with Crippen LogP contribution in [0.4, 0.5) is 0 Å².